The first-order valence-electron chi connectivity index (χ1n) is 9.20. The fourth-order valence-corrected chi connectivity index (χ4v) is 2.90. The number of carbonyl (C=O) groups excluding carboxylic acids is 2. The normalized spacial score (nSPS) is 11.0. The third kappa shape index (κ3) is 5.92. The van der Waals surface area contributed by atoms with E-state index in [4.69, 9.17) is 11.6 Å². The van der Waals surface area contributed by atoms with Crippen molar-refractivity contribution in [2.24, 2.45) is 0 Å². The first-order chi connectivity index (χ1) is 13.3. The minimum Gasteiger partial charge on any atom is -0.333 e. The SMILES string of the molecule is CCCCn1nc(C)c(/C=C/C(=O)N(C)CC(=O)Nc2cc(C)ccn2)c1Cl. The first kappa shape index (κ1) is 21.6. The van der Waals surface area contributed by atoms with Gasteiger partial charge in [-0.05, 0) is 44.0 Å². The second kappa shape index (κ2) is 10.0. The number of carbonyl (C=O) groups is 2. The molecule has 0 spiro atoms. The molecule has 150 valence electrons. The molecule has 2 amide bonds. The Kier molecular flexibility index (Phi) is 7.75. The zero-order valence-electron chi connectivity index (χ0n) is 16.7. The van der Waals surface area contributed by atoms with E-state index in [1.165, 1.54) is 11.0 Å². The first-order valence-corrected chi connectivity index (χ1v) is 9.58. The largest absolute Gasteiger partial charge is 0.333 e. The minimum atomic E-state index is -0.316. The number of hydrogen-bond acceptors (Lipinski definition) is 4. The number of hydrogen-bond donors (Lipinski definition) is 1. The van der Waals surface area contributed by atoms with E-state index in [0.717, 1.165) is 30.6 Å². The van der Waals surface area contributed by atoms with Crippen molar-refractivity contribution >= 4 is 35.3 Å². The van der Waals surface area contributed by atoms with Gasteiger partial charge in [-0.3, -0.25) is 14.3 Å². The smallest absolute Gasteiger partial charge is 0.246 e. The highest BCUT2D eigenvalue weighted by Crippen LogP contribution is 2.21. The lowest BCUT2D eigenvalue weighted by Crippen LogP contribution is -2.34. The van der Waals surface area contributed by atoms with Crippen LogP contribution in [-0.4, -0.2) is 45.1 Å². The Morgan fingerprint density at radius 1 is 1.36 bits per heavy atom. The van der Waals surface area contributed by atoms with Crippen LogP contribution in [0.4, 0.5) is 5.82 Å². The van der Waals surface area contributed by atoms with Crippen LogP contribution in [0.25, 0.3) is 6.08 Å². The van der Waals surface area contributed by atoms with Gasteiger partial charge < -0.3 is 10.2 Å². The highest BCUT2D eigenvalue weighted by atomic mass is 35.5. The van der Waals surface area contributed by atoms with Crippen LogP contribution >= 0.6 is 11.6 Å². The maximum Gasteiger partial charge on any atom is 0.246 e. The number of rotatable bonds is 8. The third-order valence-corrected chi connectivity index (χ3v) is 4.56. The number of pyridine rings is 1. The lowest BCUT2D eigenvalue weighted by molar-refractivity contribution is -0.129. The van der Waals surface area contributed by atoms with E-state index < -0.39 is 0 Å². The average molecular weight is 404 g/mol. The number of amides is 2. The van der Waals surface area contributed by atoms with E-state index in [0.29, 0.717) is 16.5 Å². The molecule has 8 heteroatoms. The van der Waals surface area contributed by atoms with E-state index in [1.807, 2.05) is 19.9 Å². The molecular formula is C20H26ClN5O2. The summed E-state index contributed by atoms with van der Waals surface area (Å²) >= 11 is 6.37. The molecule has 0 aliphatic carbocycles. The molecule has 0 aliphatic rings. The summed E-state index contributed by atoms with van der Waals surface area (Å²) in [6.45, 7) is 6.52. The number of aromatic nitrogens is 3. The lowest BCUT2D eigenvalue weighted by atomic mass is 10.2. The van der Waals surface area contributed by atoms with Gasteiger partial charge in [-0.2, -0.15) is 5.10 Å². The van der Waals surface area contributed by atoms with Crippen LogP contribution in [-0.2, 0) is 16.1 Å². The molecule has 0 unspecified atom stereocenters. The van der Waals surface area contributed by atoms with Crippen molar-refractivity contribution in [2.75, 3.05) is 18.9 Å². The molecule has 0 bridgehead atoms. The van der Waals surface area contributed by atoms with Crippen LogP contribution in [0.5, 0.6) is 0 Å². The molecule has 0 atom stereocenters. The second-order valence-corrected chi connectivity index (χ2v) is 7.02. The topological polar surface area (TPSA) is 80.1 Å². The van der Waals surface area contributed by atoms with Crippen LogP contribution in [0, 0.1) is 13.8 Å². The summed E-state index contributed by atoms with van der Waals surface area (Å²) in [7, 11) is 1.56. The Morgan fingerprint density at radius 2 is 2.11 bits per heavy atom. The summed E-state index contributed by atoms with van der Waals surface area (Å²) in [6.07, 6.45) is 6.69. The van der Waals surface area contributed by atoms with E-state index >= 15 is 0 Å². The van der Waals surface area contributed by atoms with Crippen LogP contribution in [0.3, 0.4) is 0 Å². The van der Waals surface area contributed by atoms with Crippen LogP contribution < -0.4 is 5.32 Å². The van der Waals surface area contributed by atoms with E-state index in [-0.39, 0.29) is 18.4 Å². The average Bonchev–Trinajstić information content (AvgIpc) is 2.91. The zero-order valence-corrected chi connectivity index (χ0v) is 17.5. The van der Waals surface area contributed by atoms with Crippen LogP contribution in [0.1, 0.15) is 36.6 Å². The van der Waals surface area contributed by atoms with Crippen LogP contribution in [0.15, 0.2) is 24.4 Å². The Hall–Kier alpha value is -2.67. The number of nitrogens with one attached hydrogen (secondary N) is 1. The Labute approximate surface area is 170 Å². The fourth-order valence-electron chi connectivity index (χ4n) is 2.57. The number of nitrogens with zero attached hydrogens (tertiary/aromatic N) is 4. The van der Waals surface area contributed by atoms with Gasteiger partial charge >= 0.3 is 0 Å². The van der Waals surface area contributed by atoms with Crippen molar-refractivity contribution in [3.05, 3.63) is 46.4 Å². The van der Waals surface area contributed by atoms with Crippen molar-refractivity contribution in [3.63, 3.8) is 0 Å². The van der Waals surface area contributed by atoms with Gasteiger partial charge in [0.25, 0.3) is 0 Å². The molecule has 0 aliphatic heterocycles. The van der Waals surface area contributed by atoms with E-state index in [2.05, 4.69) is 22.3 Å². The molecular weight excluding hydrogens is 378 g/mol. The predicted octanol–water partition coefficient (Wildman–Crippen LogP) is 3.46. The van der Waals surface area contributed by atoms with E-state index in [1.54, 1.807) is 30.1 Å². The highest BCUT2D eigenvalue weighted by molar-refractivity contribution is 6.31. The fraction of sp³-hybridized carbons (Fsp3) is 0.400. The third-order valence-electron chi connectivity index (χ3n) is 4.17. The monoisotopic (exact) mass is 403 g/mol. The molecule has 0 fully saturated rings. The van der Waals surface area contributed by atoms with Crippen molar-refractivity contribution in [1.82, 2.24) is 19.7 Å². The highest BCUT2D eigenvalue weighted by Gasteiger charge is 2.14. The van der Waals surface area contributed by atoms with Gasteiger partial charge in [0.15, 0.2) is 0 Å². The maximum absolute atomic E-state index is 12.3. The molecule has 7 nitrogen and oxygen atoms in total. The molecule has 1 N–H and O–H groups in total. The zero-order chi connectivity index (χ0) is 20.7. The summed E-state index contributed by atoms with van der Waals surface area (Å²) in [5.74, 6) is -0.156. The molecule has 0 aromatic carbocycles. The van der Waals surface area contributed by atoms with Gasteiger partial charge in [0.05, 0.1) is 12.2 Å². The Morgan fingerprint density at radius 3 is 2.79 bits per heavy atom. The lowest BCUT2D eigenvalue weighted by Gasteiger charge is -2.14. The molecule has 0 saturated carbocycles. The molecule has 2 heterocycles. The number of unbranched alkanes of at least 4 members (excludes halogenated alkanes) is 1. The molecule has 2 aromatic rings. The minimum absolute atomic E-state index is 0.0821. The summed E-state index contributed by atoms with van der Waals surface area (Å²) in [5, 5.41) is 7.61. The van der Waals surface area contributed by atoms with E-state index in [9.17, 15) is 9.59 Å². The van der Waals surface area contributed by atoms with Crippen molar-refractivity contribution in [1.29, 1.82) is 0 Å². The summed E-state index contributed by atoms with van der Waals surface area (Å²) in [6, 6.07) is 3.61. The molecule has 28 heavy (non-hydrogen) atoms. The quantitative estimate of drug-likeness (QED) is 0.684. The van der Waals surface area contributed by atoms with Crippen molar-refractivity contribution < 1.29 is 9.59 Å². The van der Waals surface area contributed by atoms with Gasteiger partial charge in [0.1, 0.15) is 11.0 Å². The number of aryl methyl sites for hydroxylation is 3. The van der Waals surface area contributed by atoms with Crippen LogP contribution in [0.2, 0.25) is 5.15 Å². The van der Waals surface area contributed by atoms with Gasteiger partial charge in [-0.25, -0.2) is 4.98 Å². The van der Waals surface area contributed by atoms with Gasteiger partial charge in [-0.1, -0.05) is 24.9 Å². The molecule has 2 aromatic heterocycles. The Bertz CT molecular complexity index is 875. The summed E-state index contributed by atoms with van der Waals surface area (Å²) < 4.78 is 1.75. The van der Waals surface area contributed by atoms with Gasteiger partial charge in [0.2, 0.25) is 11.8 Å². The molecule has 0 saturated heterocycles. The Balaban J connectivity index is 1.96. The van der Waals surface area contributed by atoms with Crippen molar-refractivity contribution in [2.45, 2.75) is 40.2 Å². The summed E-state index contributed by atoms with van der Waals surface area (Å²) in [4.78, 5) is 29.9. The number of anilines is 1. The maximum atomic E-state index is 12.3. The van der Waals surface area contributed by atoms with Gasteiger partial charge in [-0.15, -0.1) is 0 Å². The van der Waals surface area contributed by atoms with Gasteiger partial charge in [0, 0.05) is 31.4 Å². The van der Waals surface area contributed by atoms with Crippen molar-refractivity contribution in [3.8, 4) is 0 Å². The number of likely N-dealkylation sites (N-methyl/N-ethyl adjacent to an activating group) is 1. The molecule has 2 rings (SSSR count). The standard InChI is InChI=1S/C20H26ClN5O2/c1-5-6-11-26-20(21)16(15(3)24-26)7-8-19(28)25(4)13-18(27)23-17-12-14(2)9-10-22-17/h7-10,12H,5-6,11,13H2,1-4H3,(H,22,23,27)/b8-7+. The number of halogens is 1. The predicted molar refractivity (Wildman–Crippen MR) is 111 cm³/mol. The summed E-state index contributed by atoms with van der Waals surface area (Å²) in [5.41, 5.74) is 2.47. The second-order valence-electron chi connectivity index (χ2n) is 6.66. The molecule has 0 radical (unpaired) electrons.